The number of ketones is 1. The highest BCUT2D eigenvalue weighted by atomic mass is 16.1. The van der Waals surface area contributed by atoms with Crippen molar-refractivity contribution in [2.24, 2.45) is 0 Å². The van der Waals surface area contributed by atoms with E-state index in [4.69, 9.17) is 0 Å². The van der Waals surface area contributed by atoms with Gasteiger partial charge in [0.1, 0.15) is 0 Å². The van der Waals surface area contributed by atoms with Crippen molar-refractivity contribution in [3.05, 3.63) is 41.6 Å². The van der Waals surface area contributed by atoms with Gasteiger partial charge >= 0.3 is 0 Å². The van der Waals surface area contributed by atoms with Crippen molar-refractivity contribution in [2.75, 3.05) is 5.32 Å². The van der Waals surface area contributed by atoms with Crippen molar-refractivity contribution in [3.63, 3.8) is 0 Å². The number of anilines is 1. The highest BCUT2D eigenvalue weighted by molar-refractivity contribution is 5.96. The third-order valence-electron chi connectivity index (χ3n) is 3.26. The molecule has 0 heterocycles. The maximum atomic E-state index is 11.7. The van der Waals surface area contributed by atoms with E-state index in [0.29, 0.717) is 12.2 Å². The normalized spacial score (nSPS) is 18.4. The Labute approximate surface area is 103 Å². The third-order valence-corrected chi connectivity index (χ3v) is 3.26. The van der Waals surface area contributed by atoms with Crippen molar-refractivity contribution in [3.8, 4) is 0 Å². The molecule has 0 bridgehead atoms. The fourth-order valence-corrected chi connectivity index (χ4v) is 2.19. The van der Waals surface area contributed by atoms with Crippen molar-refractivity contribution in [1.29, 1.82) is 0 Å². The first kappa shape index (κ1) is 11.9. The third kappa shape index (κ3) is 2.96. The largest absolute Gasteiger partial charge is 0.361 e. The SMILES string of the molecule is CCc1ccccc1NC=C1CCCCC1=O. The Balaban J connectivity index is 2.10. The first-order valence-corrected chi connectivity index (χ1v) is 6.38. The van der Waals surface area contributed by atoms with Crippen LogP contribution in [0.25, 0.3) is 0 Å². The minimum atomic E-state index is 0.303. The Morgan fingerprint density at radius 1 is 1.24 bits per heavy atom. The molecule has 2 rings (SSSR count). The molecule has 0 aromatic heterocycles. The summed E-state index contributed by atoms with van der Waals surface area (Å²) < 4.78 is 0. The van der Waals surface area contributed by atoms with Crippen molar-refractivity contribution in [1.82, 2.24) is 0 Å². The summed E-state index contributed by atoms with van der Waals surface area (Å²) in [7, 11) is 0. The molecule has 0 spiro atoms. The van der Waals surface area contributed by atoms with Crippen LogP contribution in [0.1, 0.15) is 38.2 Å². The lowest BCUT2D eigenvalue weighted by molar-refractivity contribution is -0.116. The second-order valence-electron chi connectivity index (χ2n) is 4.45. The zero-order valence-electron chi connectivity index (χ0n) is 10.3. The topological polar surface area (TPSA) is 29.1 Å². The number of hydrogen-bond donors (Lipinski definition) is 1. The lowest BCUT2D eigenvalue weighted by atomic mass is 9.94. The molecular weight excluding hydrogens is 210 g/mol. The summed E-state index contributed by atoms with van der Waals surface area (Å²) in [6.45, 7) is 2.14. The molecule has 1 aromatic carbocycles. The standard InChI is InChI=1S/C15H19NO/c1-2-12-7-3-5-9-14(12)16-11-13-8-4-6-10-15(13)17/h3,5,7,9,11,16H,2,4,6,8,10H2,1H3. The molecule has 1 saturated carbocycles. The monoisotopic (exact) mass is 229 g/mol. The van der Waals surface area contributed by atoms with E-state index in [0.717, 1.165) is 36.9 Å². The van der Waals surface area contributed by atoms with Gasteiger partial charge in [0.05, 0.1) is 0 Å². The molecule has 0 aliphatic heterocycles. The summed E-state index contributed by atoms with van der Waals surface area (Å²) in [6.07, 6.45) is 6.70. The first-order valence-electron chi connectivity index (χ1n) is 6.38. The molecule has 2 heteroatoms. The van der Waals surface area contributed by atoms with Crippen LogP contribution in [0, 0.1) is 0 Å². The molecule has 0 radical (unpaired) electrons. The van der Waals surface area contributed by atoms with Gasteiger partial charge < -0.3 is 5.32 Å². The molecule has 1 aromatic rings. The highest BCUT2D eigenvalue weighted by Gasteiger charge is 2.14. The van der Waals surface area contributed by atoms with Gasteiger partial charge in [0.15, 0.2) is 5.78 Å². The summed E-state index contributed by atoms with van der Waals surface area (Å²) >= 11 is 0. The Kier molecular flexibility index (Phi) is 3.97. The molecule has 2 nitrogen and oxygen atoms in total. The van der Waals surface area contributed by atoms with Gasteiger partial charge in [-0.25, -0.2) is 0 Å². The van der Waals surface area contributed by atoms with Gasteiger partial charge in [0.2, 0.25) is 0 Å². The number of para-hydroxylation sites is 1. The molecule has 1 aliphatic rings. The van der Waals surface area contributed by atoms with Crippen LogP contribution < -0.4 is 5.32 Å². The lowest BCUT2D eigenvalue weighted by Gasteiger charge is -2.14. The molecule has 0 unspecified atom stereocenters. The second kappa shape index (κ2) is 5.67. The predicted octanol–water partition coefficient (Wildman–Crippen LogP) is 3.69. The molecular formula is C15H19NO. The average Bonchev–Trinajstić information content (AvgIpc) is 2.38. The Morgan fingerprint density at radius 3 is 2.76 bits per heavy atom. The Morgan fingerprint density at radius 2 is 2.00 bits per heavy atom. The van der Waals surface area contributed by atoms with Crippen molar-refractivity contribution >= 4 is 11.5 Å². The smallest absolute Gasteiger partial charge is 0.160 e. The number of rotatable bonds is 3. The number of allylic oxidation sites excluding steroid dienone is 1. The van der Waals surface area contributed by atoms with Crippen molar-refractivity contribution < 1.29 is 4.79 Å². The summed E-state index contributed by atoms with van der Waals surface area (Å²) in [4.78, 5) is 11.7. The van der Waals surface area contributed by atoms with E-state index < -0.39 is 0 Å². The Bertz CT molecular complexity index is 434. The van der Waals surface area contributed by atoms with Crippen molar-refractivity contribution in [2.45, 2.75) is 39.0 Å². The minimum absolute atomic E-state index is 0.303. The minimum Gasteiger partial charge on any atom is -0.361 e. The zero-order valence-corrected chi connectivity index (χ0v) is 10.3. The molecule has 0 saturated heterocycles. The maximum Gasteiger partial charge on any atom is 0.160 e. The summed E-state index contributed by atoms with van der Waals surface area (Å²) in [5.74, 6) is 0.303. The van der Waals surface area contributed by atoms with Crippen LogP contribution in [-0.4, -0.2) is 5.78 Å². The van der Waals surface area contributed by atoms with Crippen LogP contribution >= 0.6 is 0 Å². The fourth-order valence-electron chi connectivity index (χ4n) is 2.19. The zero-order chi connectivity index (χ0) is 12.1. The van der Waals surface area contributed by atoms with Crippen LogP contribution in [0.15, 0.2) is 36.0 Å². The van der Waals surface area contributed by atoms with E-state index in [9.17, 15) is 4.79 Å². The molecule has 90 valence electrons. The predicted molar refractivity (Wildman–Crippen MR) is 71.0 cm³/mol. The van der Waals surface area contributed by atoms with E-state index in [1.165, 1.54) is 5.56 Å². The van der Waals surface area contributed by atoms with E-state index >= 15 is 0 Å². The second-order valence-corrected chi connectivity index (χ2v) is 4.45. The van der Waals surface area contributed by atoms with Gasteiger partial charge in [-0.3, -0.25) is 4.79 Å². The van der Waals surface area contributed by atoms with Gasteiger partial charge in [-0.2, -0.15) is 0 Å². The van der Waals surface area contributed by atoms with E-state index in [2.05, 4.69) is 24.4 Å². The van der Waals surface area contributed by atoms with Gasteiger partial charge in [0.25, 0.3) is 0 Å². The number of carbonyl (C=O) groups is 1. The number of nitrogens with one attached hydrogen (secondary N) is 1. The van der Waals surface area contributed by atoms with Gasteiger partial charge in [-0.05, 0) is 37.3 Å². The highest BCUT2D eigenvalue weighted by Crippen LogP contribution is 2.21. The van der Waals surface area contributed by atoms with E-state index in [1.54, 1.807) is 0 Å². The average molecular weight is 229 g/mol. The molecule has 0 atom stereocenters. The van der Waals surface area contributed by atoms with E-state index in [-0.39, 0.29) is 0 Å². The van der Waals surface area contributed by atoms with Crippen LogP contribution in [0.2, 0.25) is 0 Å². The van der Waals surface area contributed by atoms with Gasteiger partial charge in [-0.1, -0.05) is 25.1 Å². The fraction of sp³-hybridized carbons (Fsp3) is 0.400. The number of Topliss-reactive ketones (excluding diaryl/α,β-unsaturated/α-hetero) is 1. The van der Waals surface area contributed by atoms with Crippen LogP contribution in [0.4, 0.5) is 5.69 Å². The molecule has 1 aliphatic carbocycles. The number of carbonyl (C=O) groups excluding carboxylic acids is 1. The number of hydrogen-bond acceptors (Lipinski definition) is 2. The quantitative estimate of drug-likeness (QED) is 0.801. The molecule has 0 amide bonds. The van der Waals surface area contributed by atoms with E-state index in [1.807, 2.05) is 18.3 Å². The van der Waals surface area contributed by atoms with Crippen LogP contribution in [0.5, 0.6) is 0 Å². The van der Waals surface area contributed by atoms with Gasteiger partial charge in [0, 0.05) is 23.9 Å². The summed E-state index contributed by atoms with van der Waals surface area (Å²) in [5, 5.41) is 3.28. The summed E-state index contributed by atoms with van der Waals surface area (Å²) in [5.41, 5.74) is 3.34. The van der Waals surface area contributed by atoms with Crippen LogP contribution in [0.3, 0.4) is 0 Å². The summed E-state index contributed by atoms with van der Waals surface area (Å²) in [6, 6.07) is 8.23. The first-order chi connectivity index (χ1) is 8.31. The molecule has 1 N–H and O–H groups in total. The maximum absolute atomic E-state index is 11.7. The Hall–Kier alpha value is -1.57. The molecule has 17 heavy (non-hydrogen) atoms. The number of benzene rings is 1. The molecule has 1 fully saturated rings. The lowest BCUT2D eigenvalue weighted by Crippen LogP contribution is -2.10. The number of aryl methyl sites for hydroxylation is 1. The van der Waals surface area contributed by atoms with Gasteiger partial charge in [-0.15, -0.1) is 0 Å². The van der Waals surface area contributed by atoms with Crippen LogP contribution in [-0.2, 0) is 11.2 Å².